The molecule has 3 aliphatic rings. The maximum absolute atomic E-state index is 6.57. The van der Waals surface area contributed by atoms with Gasteiger partial charge in [-0.05, 0) is 65.7 Å². The van der Waals surface area contributed by atoms with E-state index in [1.807, 2.05) is 42.5 Å². The van der Waals surface area contributed by atoms with Crippen LogP contribution in [-0.4, -0.2) is 4.68 Å². The van der Waals surface area contributed by atoms with Gasteiger partial charge in [-0.25, -0.2) is 0 Å². The average molecular weight is 534 g/mol. The average Bonchev–Trinajstić information content (AvgIpc) is 3.61. The molecule has 7 aromatic rings. The first-order valence-electron chi connectivity index (χ1n) is 13.9. The van der Waals surface area contributed by atoms with Crippen molar-refractivity contribution in [3.8, 4) is 39.9 Å². The van der Waals surface area contributed by atoms with E-state index in [2.05, 4.69) is 88.6 Å². The van der Waals surface area contributed by atoms with E-state index < -0.39 is 5.66 Å². The third kappa shape index (κ3) is 2.34. The van der Waals surface area contributed by atoms with Crippen LogP contribution in [0.5, 0.6) is 23.1 Å². The fraction of sp³-hybridized carbons (Fsp3) is 0.0857. The van der Waals surface area contributed by atoms with Crippen LogP contribution in [0.25, 0.3) is 38.8 Å². The van der Waals surface area contributed by atoms with E-state index in [1.54, 1.807) is 0 Å². The summed E-state index contributed by atoms with van der Waals surface area (Å²) in [5, 5.41) is 2.25. The molecule has 1 atom stereocenters. The minimum absolute atomic E-state index is 0.718. The Balaban J connectivity index is 1.36. The van der Waals surface area contributed by atoms with E-state index >= 15 is 0 Å². The molecule has 0 saturated carbocycles. The van der Waals surface area contributed by atoms with Gasteiger partial charge in [-0.15, -0.1) is 4.68 Å². The van der Waals surface area contributed by atoms with Gasteiger partial charge in [0.05, 0.1) is 17.3 Å². The van der Waals surface area contributed by atoms with Crippen molar-refractivity contribution < 1.29 is 23.1 Å². The Kier molecular flexibility index (Phi) is 3.68. The van der Waals surface area contributed by atoms with Crippen molar-refractivity contribution in [2.75, 3.05) is 0 Å². The third-order valence-corrected chi connectivity index (χ3v) is 9.05. The number of fused-ring (bicyclic) bond motifs is 6. The van der Waals surface area contributed by atoms with Crippen molar-refractivity contribution in [1.29, 1.82) is 0 Å². The SMILES string of the molecule is Cc1c(-c2ccc3oc4ccccc4c3c2)c(C)[n+]2n1-c1cccc3c1C21c2c(cccc2Oc2cccc[n+]21)O3. The van der Waals surface area contributed by atoms with Crippen molar-refractivity contribution in [1.82, 2.24) is 4.68 Å². The summed E-state index contributed by atoms with van der Waals surface area (Å²) < 4.78 is 26.3. The van der Waals surface area contributed by atoms with Crippen LogP contribution >= 0.6 is 0 Å². The molecule has 1 unspecified atom stereocenters. The standard InChI is InChI=1S/C35H23N3O3/c1-20-32(22-16-17-27-24(19-22)23-9-3-4-11-26(23)39-27)21(2)38-35-33-25(37(20)38)10-7-12-28(33)40-29-13-8-14-30(34(29)35)41-31-15-5-6-18-36(31)35/h3-19H,1-2H3/q+2. The highest BCUT2D eigenvalue weighted by Gasteiger charge is 2.72. The second-order valence-electron chi connectivity index (χ2n) is 11.0. The highest BCUT2D eigenvalue weighted by atomic mass is 16.5. The molecule has 3 aliphatic heterocycles. The van der Waals surface area contributed by atoms with Gasteiger partial charge in [0.15, 0.2) is 23.1 Å². The summed E-state index contributed by atoms with van der Waals surface area (Å²) in [5.74, 6) is 3.26. The number of hydrogen-bond donors (Lipinski definition) is 0. The minimum atomic E-state index is -0.718. The summed E-state index contributed by atoms with van der Waals surface area (Å²) in [7, 11) is 0. The highest BCUT2D eigenvalue weighted by Crippen LogP contribution is 2.56. The summed E-state index contributed by atoms with van der Waals surface area (Å²) in [4.78, 5) is 0. The lowest BCUT2D eigenvalue weighted by molar-refractivity contribution is -0.999. The number of pyridine rings is 1. The molecule has 194 valence electrons. The van der Waals surface area contributed by atoms with Crippen LogP contribution in [0.15, 0.2) is 108 Å². The van der Waals surface area contributed by atoms with Gasteiger partial charge >= 0.3 is 11.5 Å². The first-order chi connectivity index (χ1) is 20.2. The van der Waals surface area contributed by atoms with Crippen LogP contribution in [-0.2, 0) is 5.66 Å². The largest absolute Gasteiger partial charge is 0.456 e. The molecule has 6 nitrogen and oxygen atoms in total. The monoisotopic (exact) mass is 533 g/mol. The smallest absolute Gasteiger partial charge is 0.452 e. The summed E-state index contributed by atoms with van der Waals surface area (Å²) in [5.41, 5.74) is 9.01. The number of hydrogen-bond acceptors (Lipinski definition) is 3. The summed E-state index contributed by atoms with van der Waals surface area (Å²) in [6.07, 6.45) is 2.12. The molecular weight excluding hydrogens is 510 g/mol. The first kappa shape index (κ1) is 21.5. The van der Waals surface area contributed by atoms with E-state index in [4.69, 9.17) is 13.9 Å². The zero-order valence-electron chi connectivity index (χ0n) is 22.4. The number of para-hydroxylation sites is 1. The molecule has 6 heteroatoms. The summed E-state index contributed by atoms with van der Waals surface area (Å²) in [6, 6.07) is 33.4. The third-order valence-electron chi connectivity index (χ3n) is 9.05. The molecule has 6 heterocycles. The van der Waals surface area contributed by atoms with Crippen molar-refractivity contribution in [2.45, 2.75) is 19.5 Å². The molecule has 0 saturated heterocycles. The first-order valence-corrected chi connectivity index (χ1v) is 13.9. The second kappa shape index (κ2) is 7.04. The van der Waals surface area contributed by atoms with Gasteiger partial charge in [-0.3, -0.25) is 0 Å². The normalized spacial score (nSPS) is 17.0. The van der Waals surface area contributed by atoms with Gasteiger partial charge in [0.25, 0.3) is 0 Å². The van der Waals surface area contributed by atoms with Crippen molar-refractivity contribution >= 4 is 21.9 Å². The molecule has 0 amide bonds. The van der Waals surface area contributed by atoms with Crippen LogP contribution in [0.4, 0.5) is 0 Å². The number of nitrogens with zero attached hydrogens (tertiary/aromatic N) is 3. The van der Waals surface area contributed by atoms with Gasteiger partial charge in [0, 0.05) is 23.8 Å². The number of rotatable bonds is 1. The van der Waals surface area contributed by atoms with E-state index in [0.29, 0.717) is 0 Å². The molecule has 3 aromatic heterocycles. The maximum Gasteiger partial charge on any atom is 0.452 e. The van der Waals surface area contributed by atoms with Gasteiger partial charge in [-0.1, -0.05) is 41.0 Å². The molecule has 41 heavy (non-hydrogen) atoms. The summed E-state index contributed by atoms with van der Waals surface area (Å²) >= 11 is 0. The number of ether oxygens (including phenoxy) is 2. The van der Waals surface area contributed by atoms with E-state index in [9.17, 15) is 0 Å². The fourth-order valence-electron chi connectivity index (χ4n) is 7.59. The molecule has 0 bridgehead atoms. The Morgan fingerprint density at radius 3 is 2.34 bits per heavy atom. The van der Waals surface area contributed by atoms with Gasteiger partial charge in [0.2, 0.25) is 5.69 Å². The molecule has 0 radical (unpaired) electrons. The van der Waals surface area contributed by atoms with Gasteiger partial charge in [0.1, 0.15) is 28.4 Å². The zero-order valence-corrected chi connectivity index (χ0v) is 22.4. The molecule has 4 aromatic carbocycles. The van der Waals surface area contributed by atoms with Gasteiger partial charge in [-0.2, -0.15) is 0 Å². The van der Waals surface area contributed by atoms with Crippen LogP contribution < -0.4 is 18.7 Å². The number of furan rings is 1. The molecule has 0 fully saturated rings. The predicted molar refractivity (Wildman–Crippen MR) is 153 cm³/mol. The Morgan fingerprint density at radius 1 is 0.683 bits per heavy atom. The summed E-state index contributed by atoms with van der Waals surface area (Å²) in [6.45, 7) is 4.45. The number of benzene rings is 4. The molecule has 1 spiro atoms. The maximum atomic E-state index is 6.57. The van der Waals surface area contributed by atoms with Crippen molar-refractivity contribution in [3.63, 3.8) is 0 Å². The quantitative estimate of drug-likeness (QED) is 0.212. The van der Waals surface area contributed by atoms with Crippen LogP contribution in [0.2, 0.25) is 0 Å². The Hall–Kier alpha value is -5.36. The van der Waals surface area contributed by atoms with Crippen molar-refractivity contribution in [2.24, 2.45) is 0 Å². The lowest BCUT2D eigenvalue weighted by Gasteiger charge is -2.31. The minimum Gasteiger partial charge on any atom is -0.456 e. The Bertz CT molecular complexity index is 2300. The van der Waals surface area contributed by atoms with Crippen LogP contribution in [0, 0.1) is 13.8 Å². The second-order valence-corrected chi connectivity index (χ2v) is 11.0. The lowest BCUT2D eigenvalue weighted by atomic mass is 9.85. The molecule has 10 rings (SSSR count). The molecular formula is C35H23N3O3+2. The van der Waals surface area contributed by atoms with Crippen LogP contribution in [0.1, 0.15) is 22.5 Å². The Labute approximate surface area is 234 Å². The molecule has 0 aliphatic carbocycles. The number of aromatic nitrogens is 3. The topological polar surface area (TPSA) is 44.3 Å². The van der Waals surface area contributed by atoms with Crippen LogP contribution in [0.3, 0.4) is 0 Å². The molecule has 0 N–H and O–H groups in total. The fourth-order valence-corrected chi connectivity index (χ4v) is 7.59. The predicted octanol–water partition coefficient (Wildman–Crippen LogP) is 7.06. The van der Waals surface area contributed by atoms with Crippen molar-refractivity contribution in [3.05, 3.63) is 126 Å². The lowest BCUT2D eigenvalue weighted by Crippen LogP contribution is -2.76. The van der Waals surface area contributed by atoms with E-state index in [-0.39, 0.29) is 0 Å². The van der Waals surface area contributed by atoms with E-state index in [0.717, 1.165) is 78.8 Å². The van der Waals surface area contributed by atoms with Gasteiger partial charge < -0.3 is 13.9 Å². The highest BCUT2D eigenvalue weighted by molar-refractivity contribution is 6.06. The van der Waals surface area contributed by atoms with E-state index in [1.165, 1.54) is 5.56 Å². The zero-order chi connectivity index (χ0) is 27.0. The Morgan fingerprint density at radius 2 is 1.44 bits per heavy atom.